The number of hydrogen-bond donors (Lipinski definition) is 1. The molecule has 0 saturated carbocycles. The van der Waals surface area contributed by atoms with Crippen LogP contribution in [0, 0.1) is 29.8 Å². The van der Waals surface area contributed by atoms with Crippen LogP contribution in [-0.4, -0.2) is 13.3 Å². The van der Waals surface area contributed by atoms with E-state index in [1.54, 1.807) is 26.0 Å². The Morgan fingerprint density at radius 2 is 1.82 bits per heavy atom. The van der Waals surface area contributed by atoms with Crippen LogP contribution in [0.5, 0.6) is 0 Å². The molecular formula is C14H13FN2O4S. The molecule has 0 bridgehead atoms. The van der Waals surface area contributed by atoms with Crippen LogP contribution in [0.2, 0.25) is 0 Å². The van der Waals surface area contributed by atoms with E-state index in [1.165, 1.54) is 0 Å². The topological polar surface area (TPSA) is 89.3 Å². The van der Waals surface area contributed by atoms with Gasteiger partial charge in [0, 0.05) is 0 Å². The Morgan fingerprint density at radius 3 is 2.45 bits per heavy atom. The van der Waals surface area contributed by atoms with Gasteiger partial charge in [-0.15, -0.1) is 0 Å². The van der Waals surface area contributed by atoms with Crippen LogP contribution in [0.25, 0.3) is 0 Å². The van der Waals surface area contributed by atoms with Gasteiger partial charge in [0.1, 0.15) is 5.82 Å². The molecule has 0 amide bonds. The zero-order valence-electron chi connectivity index (χ0n) is 11.8. The first-order chi connectivity index (χ1) is 10.2. The van der Waals surface area contributed by atoms with E-state index in [2.05, 4.69) is 4.72 Å². The molecule has 0 heterocycles. The van der Waals surface area contributed by atoms with Gasteiger partial charge >= 0.3 is 0 Å². The summed E-state index contributed by atoms with van der Waals surface area (Å²) >= 11 is 0. The van der Waals surface area contributed by atoms with Crippen molar-refractivity contribution in [2.45, 2.75) is 18.7 Å². The van der Waals surface area contributed by atoms with Crippen molar-refractivity contribution >= 4 is 21.4 Å². The molecule has 0 aliphatic carbocycles. The third kappa shape index (κ3) is 3.22. The number of nitro benzene ring substituents is 1. The molecule has 0 aromatic heterocycles. The van der Waals surface area contributed by atoms with Crippen LogP contribution in [-0.2, 0) is 10.0 Å². The lowest BCUT2D eigenvalue weighted by atomic mass is 10.1. The van der Waals surface area contributed by atoms with E-state index >= 15 is 0 Å². The zero-order valence-corrected chi connectivity index (χ0v) is 12.6. The summed E-state index contributed by atoms with van der Waals surface area (Å²) in [5.41, 5.74) is 1.01. The number of rotatable bonds is 4. The van der Waals surface area contributed by atoms with E-state index in [0.717, 1.165) is 17.7 Å². The molecule has 0 spiro atoms. The standard InChI is InChI=1S/C14H13FN2O4S/c1-9-3-4-10(2)12(7-9)16-22(20,21)14-6-5-11(15)8-13(14)17(18)19/h3-8,16H,1-2H3. The number of nitrogens with one attached hydrogen (secondary N) is 1. The second-order valence-corrected chi connectivity index (χ2v) is 6.44. The molecule has 0 unspecified atom stereocenters. The van der Waals surface area contributed by atoms with Crippen molar-refractivity contribution < 1.29 is 17.7 Å². The Kier molecular flexibility index (Phi) is 4.14. The average Bonchev–Trinajstić information content (AvgIpc) is 2.42. The smallest absolute Gasteiger partial charge is 0.279 e. The number of sulfonamides is 1. The number of nitro groups is 1. The number of halogens is 1. The van der Waals surface area contributed by atoms with Crippen molar-refractivity contribution in [3.63, 3.8) is 0 Å². The molecule has 8 heteroatoms. The van der Waals surface area contributed by atoms with Crippen molar-refractivity contribution in [2.24, 2.45) is 0 Å². The van der Waals surface area contributed by atoms with Crippen molar-refractivity contribution in [1.29, 1.82) is 0 Å². The zero-order chi connectivity index (χ0) is 16.5. The number of hydrogen-bond acceptors (Lipinski definition) is 4. The second kappa shape index (κ2) is 5.72. The van der Waals surface area contributed by atoms with Gasteiger partial charge in [0.25, 0.3) is 15.7 Å². The molecule has 2 aromatic rings. The number of anilines is 1. The fraction of sp³-hybridized carbons (Fsp3) is 0.143. The SMILES string of the molecule is Cc1ccc(C)c(NS(=O)(=O)c2ccc(F)cc2[N+](=O)[O-])c1. The van der Waals surface area contributed by atoms with Crippen LogP contribution in [0.3, 0.4) is 0 Å². The molecule has 0 aliphatic heterocycles. The fourth-order valence-electron chi connectivity index (χ4n) is 1.91. The minimum absolute atomic E-state index is 0.318. The lowest BCUT2D eigenvalue weighted by molar-refractivity contribution is -0.388. The van der Waals surface area contributed by atoms with Gasteiger partial charge in [-0.25, -0.2) is 12.8 Å². The minimum atomic E-state index is -4.20. The maximum atomic E-state index is 13.1. The molecule has 2 aromatic carbocycles. The van der Waals surface area contributed by atoms with Gasteiger partial charge in [-0.05, 0) is 43.2 Å². The molecule has 0 atom stereocenters. The van der Waals surface area contributed by atoms with E-state index in [9.17, 15) is 22.9 Å². The molecule has 0 saturated heterocycles. The normalized spacial score (nSPS) is 11.2. The Morgan fingerprint density at radius 1 is 1.14 bits per heavy atom. The van der Waals surface area contributed by atoms with Gasteiger partial charge in [0.15, 0.2) is 4.90 Å². The van der Waals surface area contributed by atoms with Gasteiger partial charge in [0.2, 0.25) is 0 Å². The summed E-state index contributed by atoms with van der Waals surface area (Å²) in [5, 5.41) is 10.9. The van der Waals surface area contributed by atoms with Crippen molar-refractivity contribution in [1.82, 2.24) is 0 Å². The van der Waals surface area contributed by atoms with E-state index in [-0.39, 0.29) is 0 Å². The molecule has 2 rings (SSSR count). The largest absolute Gasteiger partial charge is 0.292 e. The van der Waals surface area contributed by atoms with E-state index in [0.29, 0.717) is 17.3 Å². The Bertz CT molecular complexity index is 850. The first kappa shape index (κ1) is 15.9. The van der Waals surface area contributed by atoms with Gasteiger partial charge in [-0.3, -0.25) is 14.8 Å². The highest BCUT2D eigenvalue weighted by atomic mass is 32.2. The summed E-state index contributed by atoms with van der Waals surface area (Å²) in [6.07, 6.45) is 0. The van der Waals surface area contributed by atoms with E-state index in [1.807, 2.05) is 6.07 Å². The molecule has 1 N–H and O–H groups in total. The van der Waals surface area contributed by atoms with E-state index in [4.69, 9.17) is 0 Å². The molecule has 6 nitrogen and oxygen atoms in total. The predicted octanol–water partition coefficient (Wildman–Crippen LogP) is 3.15. The fourth-order valence-corrected chi connectivity index (χ4v) is 3.18. The molecule has 22 heavy (non-hydrogen) atoms. The van der Waals surface area contributed by atoms with Crippen LogP contribution in [0.1, 0.15) is 11.1 Å². The maximum Gasteiger partial charge on any atom is 0.292 e. The van der Waals surface area contributed by atoms with Crippen LogP contribution in [0.15, 0.2) is 41.3 Å². The van der Waals surface area contributed by atoms with Crippen molar-refractivity contribution in [2.75, 3.05) is 4.72 Å². The first-order valence-electron chi connectivity index (χ1n) is 6.25. The summed E-state index contributed by atoms with van der Waals surface area (Å²) in [7, 11) is -4.20. The first-order valence-corrected chi connectivity index (χ1v) is 7.73. The number of aryl methyl sites for hydroxylation is 2. The molecule has 116 valence electrons. The lowest BCUT2D eigenvalue weighted by Gasteiger charge is -2.11. The summed E-state index contributed by atoms with van der Waals surface area (Å²) in [6, 6.07) is 7.48. The number of benzene rings is 2. The molecule has 0 aliphatic rings. The highest BCUT2D eigenvalue weighted by molar-refractivity contribution is 7.92. The summed E-state index contributed by atoms with van der Waals surface area (Å²) in [5.74, 6) is -0.877. The van der Waals surface area contributed by atoms with Gasteiger partial charge in [-0.1, -0.05) is 12.1 Å². The van der Waals surface area contributed by atoms with Crippen LogP contribution < -0.4 is 4.72 Å². The quantitative estimate of drug-likeness (QED) is 0.691. The Hall–Kier alpha value is -2.48. The Balaban J connectivity index is 2.52. The van der Waals surface area contributed by atoms with Crippen LogP contribution in [0.4, 0.5) is 15.8 Å². The van der Waals surface area contributed by atoms with E-state index < -0.39 is 31.3 Å². The molecular weight excluding hydrogens is 311 g/mol. The van der Waals surface area contributed by atoms with Crippen molar-refractivity contribution in [3.05, 3.63) is 63.5 Å². The average molecular weight is 324 g/mol. The maximum absolute atomic E-state index is 13.1. The summed E-state index contributed by atoms with van der Waals surface area (Å²) in [6.45, 7) is 3.49. The highest BCUT2D eigenvalue weighted by Crippen LogP contribution is 2.27. The molecule has 0 fully saturated rings. The minimum Gasteiger partial charge on any atom is -0.279 e. The van der Waals surface area contributed by atoms with Gasteiger partial charge < -0.3 is 0 Å². The third-order valence-electron chi connectivity index (χ3n) is 3.04. The Labute approximate surface area is 126 Å². The third-order valence-corrected chi connectivity index (χ3v) is 4.46. The number of nitrogens with zero attached hydrogens (tertiary/aromatic N) is 1. The molecule has 0 radical (unpaired) electrons. The monoisotopic (exact) mass is 324 g/mol. The summed E-state index contributed by atoms with van der Waals surface area (Å²) < 4.78 is 40.2. The van der Waals surface area contributed by atoms with Gasteiger partial charge in [0.05, 0.1) is 16.7 Å². The van der Waals surface area contributed by atoms with Crippen molar-refractivity contribution in [3.8, 4) is 0 Å². The highest BCUT2D eigenvalue weighted by Gasteiger charge is 2.26. The van der Waals surface area contributed by atoms with Gasteiger partial charge in [-0.2, -0.15) is 0 Å². The second-order valence-electron chi connectivity index (χ2n) is 4.79. The predicted molar refractivity (Wildman–Crippen MR) is 79.8 cm³/mol. The lowest BCUT2D eigenvalue weighted by Crippen LogP contribution is -2.15. The summed E-state index contributed by atoms with van der Waals surface area (Å²) in [4.78, 5) is 9.43. The van der Waals surface area contributed by atoms with Crippen LogP contribution >= 0.6 is 0 Å².